The molecule has 4 rings (SSSR count). The van der Waals surface area contributed by atoms with Crippen LogP contribution in [0.2, 0.25) is 0 Å². The first-order valence-corrected chi connectivity index (χ1v) is 10.9. The smallest absolute Gasteiger partial charge is 0.338 e. The largest absolute Gasteiger partial charge is 0.748 e. The SMILES string of the molecule is Cc1ccc(C(=O)OCCS(=O)(=O)[O-])cc1OC(=O)C1C2CC3OC(=O)C1C3C2. The predicted octanol–water partition coefficient (Wildman–Crippen LogP) is 0.800. The van der Waals surface area contributed by atoms with E-state index >= 15 is 0 Å². The van der Waals surface area contributed by atoms with Crippen molar-refractivity contribution in [1.29, 1.82) is 0 Å². The maximum atomic E-state index is 12.8. The zero-order chi connectivity index (χ0) is 20.9. The van der Waals surface area contributed by atoms with Gasteiger partial charge in [0.05, 0.1) is 33.3 Å². The van der Waals surface area contributed by atoms with Crippen molar-refractivity contribution in [3.05, 3.63) is 29.3 Å². The Kier molecular flexibility index (Phi) is 4.86. The van der Waals surface area contributed by atoms with Gasteiger partial charge in [0, 0.05) is 5.92 Å². The third kappa shape index (κ3) is 3.74. The second kappa shape index (κ2) is 7.10. The van der Waals surface area contributed by atoms with Gasteiger partial charge >= 0.3 is 17.9 Å². The van der Waals surface area contributed by atoms with Gasteiger partial charge in [0.2, 0.25) is 0 Å². The van der Waals surface area contributed by atoms with Crippen LogP contribution in [-0.2, 0) is 29.2 Å². The van der Waals surface area contributed by atoms with E-state index in [0.29, 0.717) is 12.0 Å². The van der Waals surface area contributed by atoms with Gasteiger partial charge in [-0.15, -0.1) is 0 Å². The van der Waals surface area contributed by atoms with Gasteiger partial charge < -0.3 is 18.8 Å². The summed E-state index contributed by atoms with van der Waals surface area (Å²) in [6.07, 6.45) is 1.36. The van der Waals surface area contributed by atoms with Crippen LogP contribution in [0.15, 0.2) is 18.2 Å². The highest BCUT2D eigenvalue weighted by Crippen LogP contribution is 2.57. The van der Waals surface area contributed by atoms with Gasteiger partial charge in [-0.25, -0.2) is 13.2 Å². The third-order valence-corrected chi connectivity index (χ3v) is 6.62. The van der Waals surface area contributed by atoms with Crippen LogP contribution in [0.1, 0.15) is 28.8 Å². The number of rotatable bonds is 6. The highest BCUT2D eigenvalue weighted by Gasteiger charge is 2.64. The molecule has 5 atom stereocenters. The number of carbonyl (C=O) groups is 3. The van der Waals surface area contributed by atoms with E-state index in [9.17, 15) is 27.4 Å². The molecule has 0 spiro atoms. The highest BCUT2D eigenvalue weighted by molar-refractivity contribution is 7.85. The minimum Gasteiger partial charge on any atom is -0.748 e. The molecule has 2 saturated carbocycles. The molecule has 0 aromatic heterocycles. The second-order valence-electron chi connectivity index (χ2n) is 7.72. The van der Waals surface area contributed by atoms with Crippen molar-refractivity contribution in [3.8, 4) is 5.75 Å². The van der Waals surface area contributed by atoms with Crippen LogP contribution < -0.4 is 4.74 Å². The summed E-state index contributed by atoms with van der Waals surface area (Å²) in [6.45, 7) is 1.13. The molecule has 0 N–H and O–H groups in total. The first-order valence-electron chi connectivity index (χ1n) is 9.27. The zero-order valence-corrected chi connectivity index (χ0v) is 16.3. The molecule has 2 aliphatic carbocycles. The molecule has 3 aliphatic rings. The fraction of sp³-hybridized carbons (Fsp3) is 0.526. The summed E-state index contributed by atoms with van der Waals surface area (Å²) >= 11 is 0. The summed E-state index contributed by atoms with van der Waals surface area (Å²) < 4.78 is 47.4. The lowest BCUT2D eigenvalue weighted by atomic mass is 9.80. The van der Waals surface area contributed by atoms with Crippen LogP contribution in [0.25, 0.3) is 0 Å². The fourth-order valence-electron chi connectivity index (χ4n) is 4.66. The Bertz CT molecular complexity index is 981. The lowest BCUT2D eigenvalue weighted by Crippen LogP contribution is -2.35. The summed E-state index contributed by atoms with van der Waals surface area (Å²) in [6, 6.07) is 4.33. The van der Waals surface area contributed by atoms with Crippen LogP contribution in [0.4, 0.5) is 0 Å². The van der Waals surface area contributed by atoms with E-state index in [4.69, 9.17) is 14.2 Å². The van der Waals surface area contributed by atoms with Crippen molar-refractivity contribution < 1.29 is 41.6 Å². The van der Waals surface area contributed by atoms with Crippen molar-refractivity contribution in [2.75, 3.05) is 12.4 Å². The van der Waals surface area contributed by atoms with E-state index in [1.807, 2.05) is 0 Å². The lowest BCUT2D eigenvalue weighted by molar-refractivity contribution is -0.149. The molecule has 5 unspecified atom stereocenters. The monoisotopic (exact) mass is 423 g/mol. The molecule has 2 bridgehead atoms. The first kappa shape index (κ1) is 19.8. The van der Waals surface area contributed by atoms with Crippen LogP contribution in [0.3, 0.4) is 0 Å². The Hall–Kier alpha value is -2.46. The first-order chi connectivity index (χ1) is 13.6. The van der Waals surface area contributed by atoms with Gasteiger partial charge in [-0.2, -0.15) is 0 Å². The molecule has 1 heterocycles. The Labute approximate surface area is 167 Å². The average molecular weight is 423 g/mol. The molecule has 1 aromatic carbocycles. The van der Waals surface area contributed by atoms with Crippen molar-refractivity contribution in [1.82, 2.24) is 0 Å². The van der Waals surface area contributed by atoms with Gasteiger partial charge in [-0.3, -0.25) is 9.59 Å². The van der Waals surface area contributed by atoms with Gasteiger partial charge in [-0.05, 0) is 43.4 Å². The molecule has 1 saturated heterocycles. The van der Waals surface area contributed by atoms with Crippen molar-refractivity contribution in [3.63, 3.8) is 0 Å². The van der Waals surface area contributed by atoms with Crippen LogP contribution in [0, 0.1) is 30.6 Å². The van der Waals surface area contributed by atoms with Crippen molar-refractivity contribution in [2.24, 2.45) is 23.7 Å². The number of fused-ring (bicyclic) bond motifs is 1. The molecular formula is C19H19O9S-. The Balaban J connectivity index is 1.45. The summed E-state index contributed by atoms with van der Waals surface area (Å²) in [5.41, 5.74) is 0.655. The molecule has 1 aromatic rings. The molecule has 1 aliphatic heterocycles. The Morgan fingerprint density at radius 3 is 2.76 bits per heavy atom. The molecule has 3 fully saturated rings. The molecule has 0 amide bonds. The predicted molar refractivity (Wildman–Crippen MR) is 94.7 cm³/mol. The highest BCUT2D eigenvalue weighted by atomic mass is 32.2. The second-order valence-corrected chi connectivity index (χ2v) is 9.24. The molecule has 10 heteroatoms. The number of esters is 3. The molecule has 156 valence electrons. The summed E-state index contributed by atoms with van der Waals surface area (Å²) in [5.74, 6) is -3.26. The van der Waals surface area contributed by atoms with Gasteiger partial charge in [0.1, 0.15) is 18.5 Å². The van der Waals surface area contributed by atoms with Crippen LogP contribution in [-0.4, -0.2) is 49.3 Å². The quantitative estimate of drug-likeness (QED) is 0.370. The number of carbonyl (C=O) groups excluding carboxylic acids is 3. The Morgan fingerprint density at radius 1 is 1.28 bits per heavy atom. The summed E-state index contributed by atoms with van der Waals surface area (Å²) in [5, 5.41) is 0. The van der Waals surface area contributed by atoms with Gasteiger partial charge in [0.25, 0.3) is 0 Å². The third-order valence-electron chi connectivity index (χ3n) is 5.96. The van der Waals surface area contributed by atoms with Crippen LogP contribution in [0.5, 0.6) is 5.75 Å². The minimum atomic E-state index is -4.49. The van der Waals surface area contributed by atoms with E-state index in [1.165, 1.54) is 12.1 Å². The fourth-order valence-corrected chi connectivity index (χ4v) is 4.95. The number of hydrogen-bond acceptors (Lipinski definition) is 9. The summed E-state index contributed by atoms with van der Waals surface area (Å²) in [7, 11) is -4.49. The van der Waals surface area contributed by atoms with E-state index in [2.05, 4.69) is 0 Å². The normalized spacial score (nSPS) is 29.6. The Morgan fingerprint density at radius 2 is 2.03 bits per heavy atom. The molecule has 29 heavy (non-hydrogen) atoms. The van der Waals surface area contributed by atoms with Crippen molar-refractivity contribution in [2.45, 2.75) is 25.9 Å². The summed E-state index contributed by atoms with van der Waals surface area (Å²) in [4.78, 5) is 37.0. The minimum absolute atomic E-state index is 0.0509. The zero-order valence-electron chi connectivity index (χ0n) is 15.5. The maximum Gasteiger partial charge on any atom is 0.338 e. The number of ether oxygens (including phenoxy) is 3. The molecule has 9 nitrogen and oxygen atoms in total. The number of hydrogen-bond donors (Lipinski definition) is 0. The maximum absolute atomic E-state index is 12.8. The number of benzene rings is 1. The van der Waals surface area contributed by atoms with Gasteiger partial charge in [-0.1, -0.05) is 6.07 Å². The van der Waals surface area contributed by atoms with E-state index in [-0.39, 0.29) is 35.2 Å². The number of aryl methyl sites for hydroxylation is 1. The van der Waals surface area contributed by atoms with Crippen LogP contribution >= 0.6 is 0 Å². The standard InChI is InChI=1S/C19H20O9S/c1-9-2-3-10(17(20)26-4-5-29(23,24)25)7-13(9)27-18(21)15-11-6-12-14(8-11)28-19(22)16(12)15/h2-3,7,11-12,14-16H,4-6,8H2,1H3,(H,23,24,25)/p-1. The van der Waals surface area contributed by atoms with Gasteiger partial charge in [0.15, 0.2) is 0 Å². The van der Waals surface area contributed by atoms with E-state index in [0.717, 1.165) is 6.42 Å². The average Bonchev–Trinajstić information content (AvgIpc) is 3.24. The molecule has 0 radical (unpaired) electrons. The topological polar surface area (TPSA) is 136 Å². The molecular weight excluding hydrogens is 404 g/mol. The lowest BCUT2D eigenvalue weighted by Gasteiger charge is -2.23. The van der Waals surface area contributed by atoms with E-state index in [1.54, 1.807) is 13.0 Å². The van der Waals surface area contributed by atoms with E-state index < -0.39 is 46.3 Å². The van der Waals surface area contributed by atoms with Crippen molar-refractivity contribution >= 4 is 28.0 Å².